The largest absolute Gasteiger partial charge is 0.338 e. The number of hydrogen-bond acceptors (Lipinski definition) is 1. The van der Waals surface area contributed by atoms with E-state index in [0.29, 0.717) is 0 Å². The Kier molecular flexibility index (Phi) is 1.33. The van der Waals surface area contributed by atoms with E-state index in [1.165, 1.54) is 0 Å². The fourth-order valence-electron chi connectivity index (χ4n) is 0.637. The molecule has 2 heteroatoms. The second kappa shape index (κ2) is 1.99. The van der Waals surface area contributed by atoms with Crippen molar-refractivity contribution >= 4 is 0 Å². The van der Waals surface area contributed by atoms with Gasteiger partial charge in [0.1, 0.15) is 5.82 Å². The molecular weight excluding hydrogens is 100 g/mol. The highest BCUT2D eigenvalue weighted by Crippen LogP contribution is 1.92. The summed E-state index contributed by atoms with van der Waals surface area (Å²) in [7, 11) is 1.97. The third-order valence-corrected chi connectivity index (χ3v) is 1.14. The van der Waals surface area contributed by atoms with Crippen LogP contribution in [0, 0.1) is 6.92 Å². The number of nitrogens with zero attached hydrogens (tertiary/aromatic N) is 2. The van der Waals surface area contributed by atoms with Gasteiger partial charge >= 0.3 is 0 Å². The Bertz CT molecular complexity index is 167. The molecule has 1 aromatic rings. The molecule has 8 heavy (non-hydrogen) atoms. The zero-order chi connectivity index (χ0) is 5.98. The van der Waals surface area contributed by atoms with Crippen molar-refractivity contribution in [2.75, 3.05) is 0 Å². The van der Waals surface area contributed by atoms with E-state index in [1.807, 2.05) is 17.8 Å². The SMILES string of the molecule is [CH2]Cc1nccn1C. The monoisotopic (exact) mass is 109 g/mol. The Morgan fingerprint density at radius 2 is 2.62 bits per heavy atom. The number of rotatable bonds is 1. The summed E-state index contributed by atoms with van der Waals surface area (Å²) in [5, 5.41) is 0. The maximum Gasteiger partial charge on any atom is 0.108 e. The molecule has 1 heterocycles. The minimum Gasteiger partial charge on any atom is -0.338 e. The van der Waals surface area contributed by atoms with Gasteiger partial charge in [-0.3, -0.25) is 0 Å². The van der Waals surface area contributed by atoms with Gasteiger partial charge in [-0.1, -0.05) is 0 Å². The Morgan fingerprint density at radius 3 is 2.88 bits per heavy atom. The number of hydrogen-bond donors (Lipinski definition) is 0. The second-order valence-corrected chi connectivity index (χ2v) is 1.70. The highest BCUT2D eigenvalue weighted by Gasteiger charge is 1.90. The van der Waals surface area contributed by atoms with Gasteiger partial charge in [-0.2, -0.15) is 0 Å². The van der Waals surface area contributed by atoms with E-state index in [0.717, 1.165) is 12.2 Å². The van der Waals surface area contributed by atoms with Crippen LogP contribution in [0.1, 0.15) is 5.82 Å². The van der Waals surface area contributed by atoms with Crippen LogP contribution in [-0.4, -0.2) is 9.55 Å². The topological polar surface area (TPSA) is 17.8 Å². The lowest BCUT2D eigenvalue weighted by molar-refractivity contribution is 0.829. The highest BCUT2D eigenvalue weighted by atomic mass is 15.0. The fourth-order valence-corrected chi connectivity index (χ4v) is 0.637. The molecule has 2 nitrogen and oxygen atoms in total. The predicted molar refractivity (Wildman–Crippen MR) is 32.3 cm³/mol. The fraction of sp³-hybridized carbons (Fsp3) is 0.333. The first-order chi connectivity index (χ1) is 3.84. The number of aromatic nitrogens is 2. The molecule has 0 aliphatic carbocycles. The van der Waals surface area contributed by atoms with E-state index >= 15 is 0 Å². The third-order valence-electron chi connectivity index (χ3n) is 1.14. The van der Waals surface area contributed by atoms with Crippen molar-refractivity contribution in [3.8, 4) is 0 Å². The molecule has 0 aliphatic rings. The van der Waals surface area contributed by atoms with Gasteiger partial charge in [0.2, 0.25) is 0 Å². The Hall–Kier alpha value is -0.790. The molecule has 1 rings (SSSR count). The summed E-state index contributed by atoms with van der Waals surface area (Å²) >= 11 is 0. The molecule has 0 atom stereocenters. The van der Waals surface area contributed by atoms with E-state index in [2.05, 4.69) is 11.9 Å². The molecule has 0 aliphatic heterocycles. The molecule has 0 spiro atoms. The van der Waals surface area contributed by atoms with Gasteiger partial charge in [0.15, 0.2) is 0 Å². The van der Waals surface area contributed by atoms with Crippen molar-refractivity contribution in [3.05, 3.63) is 25.1 Å². The summed E-state index contributed by atoms with van der Waals surface area (Å²) in [5.41, 5.74) is 0. The van der Waals surface area contributed by atoms with E-state index in [9.17, 15) is 0 Å². The van der Waals surface area contributed by atoms with Crippen LogP contribution < -0.4 is 0 Å². The average molecular weight is 109 g/mol. The lowest BCUT2D eigenvalue weighted by Gasteiger charge is -1.92. The van der Waals surface area contributed by atoms with Crippen LogP contribution in [0.25, 0.3) is 0 Å². The van der Waals surface area contributed by atoms with E-state index in [1.54, 1.807) is 6.20 Å². The van der Waals surface area contributed by atoms with Crippen molar-refractivity contribution in [2.24, 2.45) is 7.05 Å². The molecule has 0 unspecified atom stereocenters. The van der Waals surface area contributed by atoms with Crippen LogP contribution in [0.15, 0.2) is 12.4 Å². The molecule has 1 aromatic heterocycles. The summed E-state index contributed by atoms with van der Waals surface area (Å²) in [6.07, 6.45) is 4.46. The van der Waals surface area contributed by atoms with E-state index < -0.39 is 0 Å². The van der Waals surface area contributed by atoms with Crippen molar-refractivity contribution in [1.29, 1.82) is 0 Å². The number of imidazole rings is 1. The van der Waals surface area contributed by atoms with Crippen LogP contribution in [0.5, 0.6) is 0 Å². The van der Waals surface area contributed by atoms with Gasteiger partial charge in [-0.25, -0.2) is 4.98 Å². The molecule has 43 valence electrons. The molecule has 0 N–H and O–H groups in total. The third kappa shape index (κ3) is 0.735. The smallest absolute Gasteiger partial charge is 0.108 e. The van der Waals surface area contributed by atoms with Crippen LogP contribution in [0.2, 0.25) is 0 Å². The summed E-state index contributed by atoms with van der Waals surface area (Å²) in [4.78, 5) is 4.03. The summed E-state index contributed by atoms with van der Waals surface area (Å²) < 4.78 is 1.97. The number of aryl methyl sites for hydroxylation is 1. The van der Waals surface area contributed by atoms with Crippen molar-refractivity contribution in [1.82, 2.24) is 9.55 Å². The van der Waals surface area contributed by atoms with Crippen LogP contribution in [-0.2, 0) is 13.5 Å². The van der Waals surface area contributed by atoms with Crippen molar-refractivity contribution in [2.45, 2.75) is 6.42 Å². The molecule has 0 amide bonds. The van der Waals surface area contributed by atoms with Crippen LogP contribution in [0.4, 0.5) is 0 Å². The van der Waals surface area contributed by atoms with Crippen LogP contribution >= 0.6 is 0 Å². The van der Waals surface area contributed by atoms with E-state index in [-0.39, 0.29) is 0 Å². The standard InChI is InChI=1S/C6H9N2/c1-3-6-7-4-5-8(6)2/h4-5H,1,3H2,2H3. The van der Waals surface area contributed by atoms with Gasteiger partial charge in [0, 0.05) is 25.9 Å². The van der Waals surface area contributed by atoms with Gasteiger partial charge in [-0.05, 0) is 6.92 Å². The molecular formula is C6H9N2. The van der Waals surface area contributed by atoms with Gasteiger partial charge in [0.25, 0.3) is 0 Å². The first-order valence-corrected chi connectivity index (χ1v) is 2.60. The summed E-state index contributed by atoms with van der Waals surface area (Å²) in [6.45, 7) is 3.71. The Balaban J connectivity index is 2.92. The molecule has 0 aromatic carbocycles. The molecule has 0 saturated heterocycles. The lowest BCUT2D eigenvalue weighted by atomic mass is 10.5. The molecule has 0 bridgehead atoms. The summed E-state index contributed by atoms with van der Waals surface area (Å²) in [5.74, 6) is 1.03. The molecule has 1 radical (unpaired) electrons. The van der Waals surface area contributed by atoms with Crippen molar-refractivity contribution < 1.29 is 0 Å². The maximum absolute atomic E-state index is 4.03. The normalized spacial score (nSPS) is 9.75. The Labute approximate surface area is 49.2 Å². The zero-order valence-electron chi connectivity index (χ0n) is 4.96. The maximum atomic E-state index is 4.03. The summed E-state index contributed by atoms with van der Waals surface area (Å²) in [6, 6.07) is 0. The highest BCUT2D eigenvalue weighted by molar-refractivity contribution is 4.91. The van der Waals surface area contributed by atoms with Gasteiger partial charge in [0.05, 0.1) is 0 Å². The van der Waals surface area contributed by atoms with Crippen molar-refractivity contribution in [3.63, 3.8) is 0 Å². The molecule has 0 fully saturated rings. The zero-order valence-corrected chi connectivity index (χ0v) is 4.96. The first-order valence-electron chi connectivity index (χ1n) is 2.60. The lowest BCUT2D eigenvalue weighted by Crippen LogP contribution is -1.93. The minimum absolute atomic E-state index is 0.767. The van der Waals surface area contributed by atoms with Gasteiger partial charge < -0.3 is 4.57 Å². The second-order valence-electron chi connectivity index (χ2n) is 1.70. The minimum atomic E-state index is 0.767. The van der Waals surface area contributed by atoms with E-state index in [4.69, 9.17) is 0 Å². The predicted octanol–water partition coefficient (Wildman–Crippen LogP) is 0.797. The molecule has 0 saturated carbocycles. The average Bonchev–Trinajstić information content (AvgIpc) is 2.14. The van der Waals surface area contributed by atoms with Gasteiger partial charge in [-0.15, -0.1) is 0 Å². The quantitative estimate of drug-likeness (QED) is 0.521. The Morgan fingerprint density at radius 1 is 1.88 bits per heavy atom. The van der Waals surface area contributed by atoms with Crippen LogP contribution in [0.3, 0.4) is 0 Å². The first kappa shape index (κ1) is 5.35.